The van der Waals surface area contributed by atoms with Gasteiger partial charge in [0.05, 0.1) is 20.3 Å². The molecular formula is C17H23N5O3. The van der Waals surface area contributed by atoms with Crippen LogP contribution in [0.4, 0.5) is 4.79 Å². The molecule has 1 aliphatic heterocycles. The molecule has 0 bridgehead atoms. The molecule has 2 amide bonds. The van der Waals surface area contributed by atoms with Crippen LogP contribution in [0.1, 0.15) is 29.9 Å². The summed E-state index contributed by atoms with van der Waals surface area (Å²) in [7, 11) is 5.09. The molecule has 8 heteroatoms. The average molecular weight is 345 g/mol. The molecule has 25 heavy (non-hydrogen) atoms. The molecule has 1 atom stereocenters. The third-order valence-corrected chi connectivity index (χ3v) is 4.48. The van der Waals surface area contributed by atoms with Crippen molar-refractivity contribution in [1.29, 1.82) is 0 Å². The second-order valence-corrected chi connectivity index (χ2v) is 6.12. The van der Waals surface area contributed by atoms with Crippen LogP contribution in [0, 0.1) is 0 Å². The van der Waals surface area contributed by atoms with Crippen LogP contribution in [-0.2, 0) is 20.0 Å². The molecule has 0 aliphatic carbocycles. The SMILES string of the molecule is COc1cc2c(cc1OC)CN(C(=O)N[C@H](C)c1nncn1C)CC2. The number of aromatic nitrogens is 3. The van der Waals surface area contributed by atoms with Crippen molar-refractivity contribution in [3.05, 3.63) is 35.4 Å². The van der Waals surface area contributed by atoms with Crippen LogP contribution in [-0.4, -0.2) is 46.5 Å². The van der Waals surface area contributed by atoms with Gasteiger partial charge in [0.15, 0.2) is 17.3 Å². The largest absolute Gasteiger partial charge is 0.493 e. The minimum atomic E-state index is -0.216. The van der Waals surface area contributed by atoms with E-state index in [4.69, 9.17) is 9.47 Å². The summed E-state index contributed by atoms with van der Waals surface area (Å²) < 4.78 is 12.5. The molecule has 8 nitrogen and oxygen atoms in total. The lowest BCUT2D eigenvalue weighted by Gasteiger charge is -2.30. The van der Waals surface area contributed by atoms with Gasteiger partial charge in [-0.2, -0.15) is 0 Å². The van der Waals surface area contributed by atoms with Crippen molar-refractivity contribution in [2.45, 2.75) is 25.9 Å². The molecule has 134 valence electrons. The van der Waals surface area contributed by atoms with E-state index in [2.05, 4.69) is 15.5 Å². The highest BCUT2D eigenvalue weighted by atomic mass is 16.5. The maximum Gasteiger partial charge on any atom is 0.318 e. The van der Waals surface area contributed by atoms with Gasteiger partial charge < -0.3 is 24.3 Å². The number of nitrogens with zero attached hydrogens (tertiary/aromatic N) is 4. The molecule has 1 aromatic carbocycles. The number of hydrogen-bond donors (Lipinski definition) is 1. The first-order valence-electron chi connectivity index (χ1n) is 8.16. The van der Waals surface area contributed by atoms with E-state index in [1.807, 2.05) is 26.1 Å². The van der Waals surface area contributed by atoms with Gasteiger partial charge in [0.2, 0.25) is 0 Å². The minimum Gasteiger partial charge on any atom is -0.493 e. The zero-order valence-corrected chi connectivity index (χ0v) is 14.9. The molecular weight excluding hydrogens is 322 g/mol. The van der Waals surface area contributed by atoms with Crippen LogP contribution in [0.25, 0.3) is 0 Å². The third-order valence-electron chi connectivity index (χ3n) is 4.48. The molecule has 1 aromatic heterocycles. The summed E-state index contributed by atoms with van der Waals surface area (Å²) in [6.07, 6.45) is 2.40. The Bertz CT molecular complexity index is 774. The fraction of sp³-hybridized carbons (Fsp3) is 0.471. The number of carbonyl (C=O) groups excluding carboxylic acids is 1. The van der Waals surface area contributed by atoms with Gasteiger partial charge in [0.25, 0.3) is 0 Å². The first kappa shape index (κ1) is 17.1. The Balaban J connectivity index is 1.71. The monoisotopic (exact) mass is 345 g/mol. The summed E-state index contributed by atoms with van der Waals surface area (Å²) in [5.74, 6) is 2.11. The Labute approximate surface area is 146 Å². The molecule has 1 aliphatic rings. The highest BCUT2D eigenvalue weighted by Gasteiger charge is 2.24. The molecule has 3 rings (SSSR count). The van der Waals surface area contributed by atoms with E-state index in [0.29, 0.717) is 18.8 Å². The van der Waals surface area contributed by atoms with Gasteiger partial charge in [-0.05, 0) is 36.6 Å². The number of urea groups is 1. The minimum absolute atomic E-state index is 0.115. The molecule has 0 unspecified atom stereocenters. The number of benzene rings is 1. The predicted octanol–water partition coefficient (Wildman–Crippen LogP) is 1.66. The highest BCUT2D eigenvalue weighted by molar-refractivity contribution is 5.75. The molecule has 0 radical (unpaired) electrons. The summed E-state index contributed by atoms with van der Waals surface area (Å²) in [5, 5.41) is 10.9. The van der Waals surface area contributed by atoms with E-state index in [0.717, 1.165) is 23.6 Å². The zero-order chi connectivity index (χ0) is 18.0. The van der Waals surface area contributed by atoms with Crippen molar-refractivity contribution >= 4 is 6.03 Å². The van der Waals surface area contributed by atoms with E-state index in [1.165, 1.54) is 5.56 Å². The third kappa shape index (κ3) is 3.38. The number of carbonyl (C=O) groups is 1. The van der Waals surface area contributed by atoms with E-state index in [9.17, 15) is 4.79 Å². The molecule has 2 aromatic rings. The fourth-order valence-electron chi connectivity index (χ4n) is 3.08. The average Bonchev–Trinajstić information content (AvgIpc) is 3.05. The van der Waals surface area contributed by atoms with E-state index >= 15 is 0 Å². The lowest BCUT2D eigenvalue weighted by molar-refractivity contribution is 0.188. The lowest BCUT2D eigenvalue weighted by Crippen LogP contribution is -2.44. The Morgan fingerprint density at radius 1 is 1.24 bits per heavy atom. The molecule has 0 fully saturated rings. The topological polar surface area (TPSA) is 81.5 Å². The maximum absolute atomic E-state index is 12.6. The zero-order valence-electron chi connectivity index (χ0n) is 14.9. The van der Waals surface area contributed by atoms with Crippen LogP contribution in [0.15, 0.2) is 18.5 Å². The molecule has 0 saturated heterocycles. The second kappa shape index (κ2) is 7.00. The number of ether oxygens (including phenoxy) is 2. The van der Waals surface area contributed by atoms with Crippen molar-refractivity contribution in [2.75, 3.05) is 20.8 Å². The van der Waals surface area contributed by atoms with Gasteiger partial charge in [-0.25, -0.2) is 4.79 Å². The first-order chi connectivity index (χ1) is 12.0. The number of aryl methyl sites for hydroxylation is 1. The van der Waals surface area contributed by atoms with Gasteiger partial charge in [-0.3, -0.25) is 0 Å². The van der Waals surface area contributed by atoms with Crippen molar-refractivity contribution < 1.29 is 14.3 Å². The summed E-state index contributed by atoms with van der Waals surface area (Å²) in [6.45, 7) is 3.08. The number of rotatable bonds is 4. The maximum atomic E-state index is 12.6. The van der Waals surface area contributed by atoms with Crippen LogP contribution < -0.4 is 14.8 Å². The van der Waals surface area contributed by atoms with Crippen molar-refractivity contribution in [3.8, 4) is 11.5 Å². The van der Waals surface area contributed by atoms with E-state index in [-0.39, 0.29) is 12.1 Å². The Kier molecular flexibility index (Phi) is 4.78. The Morgan fingerprint density at radius 2 is 1.92 bits per heavy atom. The Morgan fingerprint density at radius 3 is 2.52 bits per heavy atom. The highest BCUT2D eigenvalue weighted by Crippen LogP contribution is 2.33. The van der Waals surface area contributed by atoms with Crippen LogP contribution >= 0.6 is 0 Å². The second-order valence-electron chi connectivity index (χ2n) is 6.12. The van der Waals surface area contributed by atoms with Crippen molar-refractivity contribution in [2.24, 2.45) is 7.05 Å². The number of hydrogen-bond acceptors (Lipinski definition) is 5. The van der Waals surface area contributed by atoms with E-state index in [1.54, 1.807) is 30.0 Å². The predicted molar refractivity (Wildman–Crippen MR) is 91.6 cm³/mol. The van der Waals surface area contributed by atoms with Crippen molar-refractivity contribution in [1.82, 2.24) is 25.0 Å². The van der Waals surface area contributed by atoms with Gasteiger partial charge in [0, 0.05) is 20.1 Å². The van der Waals surface area contributed by atoms with Crippen LogP contribution in [0.2, 0.25) is 0 Å². The summed E-state index contributed by atoms with van der Waals surface area (Å²) >= 11 is 0. The summed E-state index contributed by atoms with van der Waals surface area (Å²) in [4.78, 5) is 14.4. The molecule has 1 N–H and O–H groups in total. The van der Waals surface area contributed by atoms with Crippen molar-refractivity contribution in [3.63, 3.8) is 0 Å². The summed E-state index contributed by atoms with van der Waals surface area (Å²) in [5.41, 5.74) is 2.26. The van der Waals surface area contributed by atoms with Gasteiger partial charge in [0.1, 0.15) is 6.33 Å². The van der Waals surface area contributed by atoms with Crippen LogP contribution in [0.3, 0.4) is 0 Å². The Hall–Kier alpha value is -2.77. The van der Waals surface area contributed by atoms with E-state index < -0.39 is 0 Å². The summed E-state index contributed by atoms with van der Waals surface area (Å²) in [6, 6.07) is 3.61. The lowest BCUT2D eigenvalue weighted by atomic mass is 9.99. The molecule has 2 heterocycles. The normalized spacial score (nSPS) is 14.6. The quantitative estimate of drug-likeness (QED) is 0.911. The standard InChI is InChI=1S/C17H23N5O3/c1-11(16-20-18-10-21(16)2)19-17(23)22-6-5-12-7-14(24-3)15(25-4)8-13(12)9-22/h7-8,10-11H,5-6,9H2,1-4H3,(H,19,23)/t11-/m1/s1. The number of nitrogens with one attached hydrogen (secondary N) is 1. The van der Waals surface area contributed by atoms with Crippen LogP contribution in [0.5, 0.6) is 11.5 Å². The molecule has 0 spiro atoms. The fourth-order valence-corrected chi connectivity index (χ4v) is 3.08. The number of methoxy groups -OCH3 is 2. The van der Waals surface area contributed by atoms with Gasteiger partial charge in [-0.15, -0.1) is 10.2 Å². The first-order valence-corrected chi connectivity index (χ1v) is 8.16. The number of amides is 2. The number of fused-ring (bicyclic) bond motifs is 1. The smallest absolute Gasteiger partial charge is 0.318 e. The molecule has 0 saturated carbocycles. The van der Waals surface area contributed by atoms with Gasteiger partial charge in [-0.1, -0.05) is 0 Å². The van der Waals surface area contributed by atoms with Gasteiger partial charge >= 0.3 is 6.03 Å².